The van der Waals surface area contributed by atoms with Crippen LogP contribution in [-0.2, 0) is 6.42 Å². The Kier molecular flexibility index (Phi) is 4.30. The van der Waals surface area contributed by atoms with Crippen molar-refractivity contribution < 1.29 is 0 Å². The molecule has 2 aromatic heterocycles. The Morgan fingerprint density at radius 1 is 1.17 bits per heavy atom. The summed E-state index contributed by atoms with van der Waals surface area (Å²) in [5, 5.41) is 8.76. The Balaban J connectivity index is 1.54. The summed E-state index contributed by atoms with van der Waals surface area (Å²) in [6.45, 7) is 0. The van der Waals surface area contributed by atoms with E-state index in [9.17, 15) is 4.79 Å². The van der Waals surface area contributed by atoms with Crippen LogP contribution >= 0.6 is 11.3 Å². The fraction of sp³-hybridized carbons (Fsp3) is 0.389. The number of anilines is 1. The lowest BCUT2D eigenvalue weighted by atomic mass is 9.81. The lowest BCUT2D eigenvalue weighted by molar-refractivity contribution is 0.323. The second-order valence-corrected chi connectivity index (χ2v) is 7.33. The molecule has 0 aliphatic heterocycles. The van der Waals surface area contributed by atoms with Crippen LogP contribution in [0.1, 0.15) is 31.2 Å². The molecule has 0 unspecified atom stereocenters. The van der Waals surface area contributed by atoms with Crippen LogP contribution in [0, 0.1) is 5.92 Å². The number of nitrogens with zero attached hydrogens (tertiary/aromatic N) is 3. The number of nitrogens with one attached hydrogen (secondary N) is 1. The van der Waals surface area contributed by atoms with Crippen molar-refractivity contribution >= 4 is 21.4 Å². The fourth-order valence-corrected chi connectivity index (χ4v) is 4.36. The molecule has 1 saturated carbocycles. The molecule has 124 valence electrons. The zero-order chi connectivity index (χ0) is 16.4. The molecule has 0 saturated heterocycles. The average Bonchev–Trinajstić information content (AvgIpc) is 3.02. The molecule has 1 N–H and O–H groups in total. The monoisotopic (exact) mass is 340 g/mol. The smallest absolute Gasteiger partial charge is 0.275 e. The number of hydrogen-bond acceptors (Lipinski definition) is 5. The molecule has 5 nitrogen and oxygen atoms in total. The van der Waals surface area contributed by atoms with Gasteiger partial charge in [0.1, 0.15) is 0 Å². The Morgan fingerprint density at radius 2 is 2.00 bits per heavy atom. The summed E-state index contributed by atoms with van der Waals surface area (Å²) >= 11 is 1.44. The van der Waals surface area contributed by atoms with Crippen molar-refractivity contribution in [3.8, 4) is 0 Å². The molecule has 2 atom stereocenters. The van der Waals surface area contributed by atoms with E-state index in [1.807, 2.05) is 0 Å². The van der Waals surface area contributed by atoms with E-state index in [0.717, 1.165) is 18.0 Å². The zero-order valence-corrected chi connectivity index (χ0v) is 14.2. The molecule has 0 bridgehead atoms. The van der Waals surface area contributed by atoms with Gasteiger partial charge in [-0.25, -0.2) is 4.98 Å². The summed E-state index contributed by atoms with van der Waals surface area (Å²) in [4.78, 5) is 16.7. The van der Waals surface area contributed by atoms with Gasteiger partial charge in [0.15, 0.2) is 0 Å². The predicted octanol–water partition coefficient (Wildman–Crippen LogP) is 3.36. The molecule has 1 aliphatic rings. The van der Waals surface area contributed by atoms with Crippen LogP contribution in [0.5, 0.6) is 0 Å². The van der Waals surface area contributed by atoms with E-state index in [1.165, 1.54) is 46.7 Å². The molecular formula is C18H20N4OS. The Morgan fingerprint density at radius 3 is 2.83 bits per heavy atom. The quantitative estimate of drug-likeness (QED) is 0.791. The highest BCUT2D eigenvalue weighted by molar-refractivity contribution is 7.20. The first-order chi connectivity index (χ1) is 11.8. The summed E-state index contributed by atoms with van der Waals surface area (Å²) in [5.74, 6) is 0.595. The van der Waals surface area contributed by atoms with E-state index in [-0.39, 0.29) is 5.56 Å². The van der Waals surface area contributed by atoms with Crippen molar-refractivity contribution in [1.82, 2.24) is 14.6 Å². The lowest BCUT2D eigenvalue weighted by Gasteiger charge is -2.32. The van der Waals surface area contributed by atoms with Gasteiger partial charge >= 0.3 is 0 Å². The van der Waals surface area contributed by atoms with Gasteiger partial charge in [-0.1, -0.05) is 54.5 Å². The van der Waals surface area contributed by atoms with E-state index < -0.39 is 0 Å². The van der Waals surface area contributed by atoms with E-state index in [2.05, 4.69) is 45.7 Å². The third kappa shape index (κ3) is 3.19. The molecule has 24 heavy (non-hydrogen) atoms. The largest absolute Gasteiger partial charge is 0.357 e. The predicted molar refractivity (Wildman–Crippen MR) is 96.6 cm³/mol. The van der Waals surface area contributed by atoms with Gasteiger partial charge in [0.2, 0.25) is 10.1 Å². The van der Waals surface area contributed by atoms with Gasteiger partial charge in [0.05, 0.1) is 0 Å². The first-order valence-corrected chi connectivity index (χ1v) is 9.26. The molecule has 2 heterocycles. The number of benzene rings is 1. The standard InChI is InChI=1S/C18H20N4OS/c23-16-10-11-19-18-22(16)21-17(24-18)20-15-9-5-4-8-14(15)12-13-6-2-1-3-7-13/h1-3,6-7,10-11,14-15H,4-5,8-9,12H2,(H,20,21)/t14-,15+/m1/s1. The van der Waals surface area contributed by atoms with Crippen LogP contribution in [0.25, 0.3) is 4.96 Å². The number of aromatic nitrogens is 3. The zero-order valence-electron chi connectivity index (χ0n) is 13.4. The minimum absolute atomic E-state index is 0.131. The molecule has 1 fully saturated rings. The lowest BCUT2D eigenvalue weighted by Crippen LogP contribution is -2.33. The average molecular weight is 340 g/mol. The summed E-state index contributed by atoms with van der Waals surface area (Å²) in [6, 6.07) is 12.5. The minimum Gasteiger partial charge on any atom is -0.357 e. The molecule has 0 spiro atoms. The van der Waals surface area contributed by atoms with Crippen LogP contribution in [-0.4, -0.2) is 20.6 Å². The molecule has 1 aromatic carbocycles. The van der Waals surface area contributed by atoms with Gasteiger partial charge in [-0.3, -0.25) is 4.79 Å². The van der Waals surface area contributed by atoms with Crippen molar-refractivity contribution in [2.45, 2.75) is 38.1 Å². The number of fused-ring (bicyclic) bond motifs is 1. The normalized spacial score (nSPS) is 21.0. The molecule has 0 radical (unpaired) electrons. The van der Waals surface area contributed by atoms with Crippen LogP contribution in [0.4, 0.5) is 5.13 Å². The highest BCUT2D eigenvalue weighted by Crippen LogP contribution is 2.30. The van der Waals surface area contributed by atoms with Gasteiger partial charge in [-0.05, 0) is 30.7 Å². The third-order valence-electron chi connectivity index (χ3n) is 4.73. The first kappa shape index (κ1) is 15.3. The van der Waals surface area contributed by atoms with Crippen LogP contribution in [0.2, 0.25) is 0 Å². The molecule has 1 aliphatic carbocycles. The second kappa shape index (κ2) is 6.73. The summed E-state index contributed by atoms with van der Waals surface area (Å²) in [5.41, 5.74) is 1.26. The van der Waals surface area contributed by atoms with Crippen molar-refractivity contribution in [3.05, 3.63) is 58.5 Å². The molecule has 6 heteroatoms. The third-order valence-corrected chi connectivity index (χ3v) is 5.58. The Hall–Kier alpha value is -2.21. The Labute approximate surface area is 144 Å². The summed E-state index contributed by atoms with van der Waals surface area (Å²) in [7, 11) is 0. The molecular weight excluding hydrogens is 320 g/mol. The van der Waals surface area contributed by atoms with Crippen molar-refractivity contribution in [1.29, 1.82) is 0 Å². The van der Waals surface area contributed by atoms with Crippen LogP contribution < -0.4 is 10.9 Å². The summed E-state index contributed by atoms with van der Waals surface area (Å²) in [6.07, 6.45) is 7.54. The van der Waals surface area contributed by atoms with E-state index in [0.29, 0.717) is 16.9 Å². The van der Waals surface area contributed by atoms with Gasteiger partial charge in [-0.2, -0.15) is 4.52 Å². The van der Waals surface area contributed by atoms with Gasteiger partial charge in [-0.15, -0.1) is 5.10 Å². The number of rotatable bonds is 4. The fourth-order valence-electron chi connectivity index (χ4n) is 3.52. The van der Waals surface area contributed by atoms with Gasteiger partial charge in [0.25, 0.3) is 5.56 Å². The van der Waals surface area contributed by atoms with Gasteiger partial charge in [0, 0.05) is 18.3 Å². The summed E-state index contributed by atoms with van der Waals surface area (Å²) < 4.78 is 1.38. The molecule has 4 rings (SSSR count). The maximum atomic E-state index is 11.8. The van der Waals surface area contributed by atoms with Crippen molar-refractivity contribution in [2.75, 3.05) is 5.32 Å². The minimum atomic E-state index is -0.131. The van der Waals surface area contributed by atoms with Crippen molar-refractivity contribution in [3.63, 3.8) is 0 Å². The van der Waals surface area contributed by atoms with E-state index in [1.54, 1.807) is 6.20 Å². The van der Waals surface area contributed by atoms with E-state index >= 15 is 0 Å². The van der Waals surface area contributed by atoms with E-state index in [4.69, 9.17) is 0 Å². The maximum absolute atomic E-state index is 11.8. The second-order valence-electron chi connectivity index (χ2n) is 6.37. The topological polar surface area (TPSA) is 59.3 Å². The highest BCUT2D eigenvalue weighted by atomic mass is 32.1. The van der Waals surface area contributed by atoms with Gasteiger partial charge < -0.3 is 5.32 Å². The Bertz CT molecular complexity index is 873. The van der Waals surface area contributed by atoms with Crippen LogP contribution in [0.3, 0.4) is 0 Å². The highest BCUT2D eigenvalue weighted by Gasteiger charge is 2.26. The maximum Gasteiger partial charge on any atom is 0.275 e. The molecule has 3 aromatic rings. The van der Waals surface area contributed by atoms with Crippen LogP contribution in [0.15, 0.2) is 47.4 Å². The van der Waals surface area contributed by atoms with Crippen molar-refractivity contribution in [2.24, 2.45) is 5.92 Å². The molecule has 0 amide bonds. The number of hydrogen-bond donors (Lipinski definition) is 1. The first-order valence-electron chi connectivity index (χ1n) is 8.45. The SMILES string of the molecule is O=c1ccnc2sc(N[C@H]3CCCC[C@@H]3Cc3ccccc3)nn12.